The van der Waals surface area contributed by atoms with Crippen LogP contribution in [0.1, 0.15) is 54.0 Å². The van der Waals surface area contributed by atoms with Gasteiger partial charge in [-0.3, -0.25) is 14.4 Å². The Morgan fingerprint density at radius 2 is 1.54 bits per heavy atom. The summed E-state index contributed by atoms with van der Waals surface area (Å²) in [5.41, 5.74) is 13.4. The molecule has 3 aromatic carbocycles. The molecule has 0 radical (unpaired) electrons. The molecule has 8 heteroatoms. The van der Waals surface area contributed by atoms with E-state index >= 15 is 0 Å². The van der Waals surface area contributed by atoms with Crippen LogP contribution in [0.2, 0.25) is 0 Å². The van der Waals surface area contributed by atoms with Gasteiger partial charge in [0.05, 0.1) is 22.8 Å². The molecule has 7 N–H and O–H groups in total. The molecule has 1 atom stereocenters. The molecule has 4 aromatic rings. The number of ketones is 1. The van der Waals surface area contributed by atoms with E-state index in [1.165, 1.54) is 0 Å². The number of carbonyl (C=O) groups is 3. The number of nitrogens with one attached hydrogen (secondary N) is 3. The zero-order valence-corrected chi connectivity index (χ0v) is 22.7. The first kappa shape index (κ1) is 27.8. The molecule has 0 bridgehead atoms. The van der Waals surface area contributed by atoms with Gasteiger partial charge in [-0.1, -0.05) is 66.7 Å². The monoisotopic (exact) mass is 525 g/mol. The first-order valence-corrected chi connectivity index (χ1v) is 12.8. The number of nitrogens with two attached hydrogens (primary N) is 2. The van der Waals surface area contributed by atoms with Crippen molar-refractivity contribution in [2.45, 2.75) is 51.4 Å². The van der Waals surface area contributed by atoms with Crippen molar-refractivity contribution in [1.29, 1.82) is 0 Å². The van der Waals surface area contributed by atoms with Gasteiger partial charge in [0.1, 0.15) is 0 Å². The number of carbonyl (C=O) groups excluding carboxylic acids is 3. The number of para-hydroxylation sites is 1. The summed E-state index contributed by atoms with van der Waals surface area (Å²) in [6.45, 7) is 6.49. The third-order valence-electron chi connectivity index (χ3n) is 6.38. The molecule has 0 aliphatic heterocycles. The highest BCUT2D eigenvalue weighted by Crippen LogP contribution is 2.29. The number of rotatable bonds is 9. The van der Waals surface area contributed by atoms with E-state index in [1.54, 1.807) is 45.9 Å². The molecule has 0 aliphatic carbocycles. The Kier molecular flexibility index (Phi) is 7.72. The number of hydrogen-bond donors (Lipinski definition) is 5. The van der Waals surface area contributed by atoms with Gasteiger partial charge in [-0.2, -0.15) is 0 Å². The van der Waals surface area contributed by atoms with Crippen LogP contribution in [0.15, 0.2) is 79.0 Å². The van der Waals surface area contributed by atoms with Gasteiger partial charge in [0, 0.05) is 29.1 Å². The molecule has 1 unspecified atom stereocenters. The average Bonchev–Trinajstić information content (AvgIpc) is 3.29. The van der Waals surface area contributed by atoms with Crippen LogP contribution >= 0.6 is 0 Å². The first-order chi connectivity index (χ1) is 18.3. The molecule has 202 valence electrons. The van der Waals surface area contributed by atoms with Crippen molar-refractivity contribution in [3.8, 4) is 11.1 Å². The maximum atomic E-state index is 14.3. The second kappa shape index (κ2) is 10.8. The smallest absolute Gasteiger partial charge is 0.254 e. The summed E-state index contributed by atoms with van der Waals surface area (Å²) in [5, 5.41) is 6.58. The number of fused-ring (bicyclic) bond motifs is 1. The van der Waals surface area contributed by atoms with Gasteiger partial charge in [0.15, 0.2) is 5.78 Å². The Labute approximate surface area is 228 Å². The molecule has 1 heterocycles. The molecule has 2 amide bonds. The molecule has 0 spiro atoms. The van der Waals surface area contributed by atoms with E-state index in [9.17, 15) is 14.4 Å². The fraction of sp³-hybridized carbons (Fsp3) is 0.258. The van der Waals surface area contributed by atoms with Gasteiger partial charge in [-0.05, 0) is 50.5 Å². The fourth-order valence-electron chi connectivity index (χ4n) is 4.48. The molecule has 8 nitrogen and oxygen atoms in total. The summed E-state index contributed by atoms with van der Waals surface area (Å²) in [5.74, 6) is -1.37. The van der Waals surface area contributed by atoms with Crippen LogP contribution in [0.25, 0.3) is 22.0 Å². The highest BCUT2D eigenvalue weighted by atomic mass is 16.2. The molecule has 0 saturated carbocycles. The number of H-pyrrole nitrogens is 1. The third kappa shape index (κ3) is 6.42. The van der Waals surface area contributed by atoms with Gasteiger partial charge < -0.3 is 27.1 Å². The minimum Gasteiger partial charge on any atom is -0.361 e. The second-order valence-corrected chi connectivity index (χ2v) is 10.9. The average molecular weight is 526 g/mol. The van der Waals surface area contributed by atoms with Crippen molar-refractivity contribution >= 4 is 28.5 Å². The summed E-state index contributed by atoms with van der Waals surface area (Å²) in [7, 11) is 0. The van der Waals surface area contributed by atoms with E-state index in [2.05, 4.69) is 15.6 Å². The van der Waals surface area contributed by atoms with Crippen LogP contribution in [0.3, 0.4) is 0 Å². The molecular weight excluding hydrogens is 490 g/mol. The predicted octanol–water partition coefficient (Wildman–Crippen LogP) is 3.91. The Morgan fingerprint density at radius 1 is 0.872 bits per heavy atom. The molecule has 39 heavy (non-hydrogen) atoms. The van der Waals surface area contributed by atoms with Crippen LogP contribution in [0, 0.1) is 0 Å². The van der Waals surface area contributed by atoms with Gasteiger partial charge in [-0.25, -0.2) is 0 Å². The van der Waals surface area contributed by atoms with Gasteiger partial charge in [-0.15, -0.1) is 0 Å². The highest BCUT2D eigenvalue weighted by Gasteiger charge is 2.32. The largest absolute Gasteiger partial charge is 0.361 e. The van der Waals surface area contributed by atoms with E-state index in [0.717, 1.165) is 22.0 Å². The highest BCUT2D eigenvalue weighted by molar-refractivity contribution is 6.14. The lowest BCUT2D eigenvalue weighted by molar-refractivity contribution is -0.125. The van der Waals surface area contributed by atoms with Crippen LogP contribution in [0.5, 0.6) is 0 Å². The molecule has 0 saturated heterocycles. The van der Waals surface area contributed by atoms with Crippen molar-refractivity contribution in [3.63, 3.8) is 0 Å². The number of aromatic amines is 1. The molecule has 0 aliphatic rings. The van der Waals surface area contributed by atoms with E-state index in [4.69, 9.17) is 11.5 Å². The fourth-order valence-corrected chi connectivity index (χ4v) is 4.48. The Morgan fingerprint density at radius 3 is 2.21 bits per heavy atom. The van der Waals surface area contributed by atoms with Gasteiger partial charge in [0.25, 0.3) is 5.91 Å². The SMILES string of the molecule is CC(C)(N)NC(=O)c1c(C(=O)C(Cc2c[nH]c3ccccc23)NC(=O)C(C)(C)N)cccc1-c1ccccc1. The molecular formula is C31H35N5O3. The standard InChI is InChI=1S/C31H35N5O3/c1-30(2,32)29(39)35-25(17-20-18-34-24-16-9-8-13-21(20)24)27(37)23-15-10-14-22(19-11-6-5-7-12-19)26(23)28(38)36-31(3,4)33/h5-16,18,25,34H,17,32-33H2,1-4H3,(H,35,39)(H,36,38). The van der Waals surface area contributed by atoms with E-state index in [0.29, 0.717) is 5.56 Å². The second-order valence-electron chi connectivity index (χ2n) is 10.9. The quantitative estimate of drug-likeness (QED) is 0.166. The summed E-state index contributed by atoms with van der Waals surface area (Å²) in [4.78, 5) is 44.1. The van der Waals surface area contributed by atoms with Crippen molar-refractivity contribution in [2.24, 2.45) is 11.5 Å². The van der Waals surface area contributed by atoms with Gasteiger partial charge in [0.2, 0.25) is 5.91 Å². The first-order valence-electron chi connectivity index (χ1n) is 12.8. The third-order valence-corrected chi connectivity index (χ3v) is 6.38. The zero-order chi connectivity index (χ0) is 28.4. The number of Topliss-reactive ketones (excluding diaryl/α,β-unsaturated/α-hetero) is 1. The number of hydrogen-bond acceptors (Lipinski definition) is 5. The number of aromatic nitrogens is 1. The number of amides is 2. The molecule has 0 fully saturated rings. The van der Waals surface area contributed by atoms with Crippen LogP contribution in [-0.2, 0) is 11.2 Å². The summed E-state index contributed by atoms with van der Waals surface area (Å²) >= 11 is 0. The molecule has 1 aromatic heterocycles. The predicted molar refractivity (Wildman–Crippen MR) is 154 cm³/mol. The lowest BCUT2D eigenvalue weighted by atomic mass is 9.88. The van der Waals surface area contributed by atoms with E-state index in [-0.39, 0.29) is 17.5 Å². The van der Waals surface area contributed by atoms with Crippen molar-refractivity contribution < 1.29 is 14.4 Å². The Hall–Kier alpha value is -4.27. The van der Waals surface area contributed by atoms with E-state index < -0.39 is 34.8 Å². The lowest BCUT2D eigenvalue weighted by Gasteiger charge is -2.26. The summed E-state index contributed by atoms with van der Waals surface area (Å²) in [6, 6.07) is 21.2. The molecule has 4 rings (SSSR count). The normalized spacial score (nSPS) is 12.7. The summed E-state index contributed by atoms with van der Waals surface area (Å²) in [6.07, 6.45) is 2.03. The Bertz CT molecular complexity index is 1510. The van der Waals surface area contributed by atoms with Crippen LogP contribution < -0.4 is 22.1 Å². The summed E-state index contributed by atoms with van der Waals surface area (Å²) < 4.78 is 0. The maximum absolute atomic E-state index is 14.3. The van der Waals surface area contributed by atoms with Crippen LogP contribution in [0.4, 0.5) is 0 Å². The van der Waals surface area contributed by atoms with Gasteiger partial charge >= 0.3 is 0 Å². The zero-order valence-electron chi connectivity index (χ0n) is 22.7. The topological polar surface area (TPSA) is 143 Å². The minimum absolute atomic E-state index is 0.179. The van der Waals surface area contributed by atoms with Crippen molar-refractivity contribution in [3.05, 3.63) is 95.7 Å². The van der Waals surface area contributed by atoms with Crippen molar-refractivity contribution in [1.82, 2.24) is 15.6 Å². The van der Waals surface area contributed by atoms with Crippen molar-refractivity contribution in [2.75, 3.05) is 0 Å². The number of benzene rings is 3. The maximum Gasteiger partial charge on any atom is 0.254 e. The van der Waals surface area contributed by atoms with E-state index in [1.807, 2.05) is 60.8 Å². The van der Waals surface area contributed by atoms with Crippen LogP contribution in [-0.4, -0.2) is 39.8 Å². The lowest BCUT2D eigenvalue weighted by Crippen LogP contribution is -2.55. The minimum atomic E-state index is -1.21. The Balaban J connectivity index is 1.84.